The lowest BCUT2D eigenvalue weighted by Gasteiger charge is -2.34. The fraction of sp³-hybridized carbons (Fsp3) is 0.435. The van der Waals surface area contributed by atoms with Gasteiger partial charge in [0.25, 0.3) is 0 Å². The summed E-state index contributed by atoms with van der Waals surface area (Å²) < 4.78 is 1.76. The predicted octanol–water partition coefficient (Wildman–Crippen LogP) is 3.05. The van der Waals surface area contributed by atoms with Gasteiger partial charge < -0.3 is 20.5 Å². The van der Waals surface area contributed by atoms with Crippen LogP contribution in [0.1, 0.15) is 38.5 Å². The number of carbonyl (C=O) groups is 1. The van der Waals surface area contributed by atoms with Gasteiger partial charge in [-0.2, -0.15) is 15.1 Å². The van der Waals surface area contributed by atoms with Gasteiger partial charge in [0.15, 0.2) is 5.65 Å². The lowest BCUT2D eigenvalue weighted by Crippen LogP contribution is -2.41. The molecule has 0 atom stereocenters. The Hall–Kier alpha value is -3.69. The zero-order valence-corrected chi connectivity index (χ0v) is 18.6. The maximum Gasteiger partial charge on any atom is 0.226 e. The highest BCUT2D eigenvalue weighted by Gasteiger charge is 2.31. The van der Waals surface area contributed by atoms with Gasteiger partial charge in [0.1, 0.15) is 11.5 Å². The number of likely N-dealkylation sites (tertiary alicyclic amines) is 1. The number of fused-ring (bicyclic) bond motifs is 2. The Kier molecular flexibility index (Phi) is 4.85. The number of aromatic amines is 1. The van der Waals surface area contributed by atoms with E-state index >= 15 is 0 Å². The molecule has 3 N–H and O–H groups in total. The molecule has 5 heterocycles. The average molecular weight is 446 g/mol. The molecule has 33 heavy (non-hydrogen) atoms. The molecule has 2 fully saturated rings. The highest BCUT2D eigenvalue weighted by atomic mass is 16.2. The number of nitrogens with zero attached hydrogens (tertiary/aromatic N) is 6. The van der Waals surface area contributed by atoms with Crippen molar-refractivity contribution in [3.05, 3.63) is 30.7 Å². The van der Waals surface area contributed by atoms with Crippen LogP contribution in [0.2, 0.25) is 0 Å². The Morgan fingerprint density at radius 3 is 2.82 bits per heavy atom. The van der Waals surface area contributed by atoms with E-state index in [4.69, 9.17) is 9.97 Å². The van der Waals surface area contributed by atoms with Crippen molar-refractivity contribution in [2.24, 2.45) is 0 Å². The standard InChI is InChI=1S/C23H27N9O/c1-24-21-20-16(17-8-9-18-25-10-12-32(18)30-17)13-26-22(20)29-23(28-21)27-14-4-6-15(7-5-14)31-11-2-3-19(31)33/h8-10,12-15H,2-7,11H2,1H3,(H3,24,26,27,28,29). The quantitative estimate of drug-likeness (QED) is 0.432. The number of imidazole rings is 1. The fourth-order valence-electron chi connectivity index (χ4n) is 5.21. The topological polar surface area (TPSA) is 116 Å². The van der Waals surface area contributed by atoms with Gasteiger partial charge in [-0.15, -0.1) is 0 Å². The maximum atomic E-state index is 12.1. The van der Waals surface area contributed by atoms with E-state index in [-0.39, 0.29) is 0 Å². The summed E-state index contributed by atoms with van der Waals surface area (Å²) in [7, 11) is 1.87. The zero-order valence-electron chi connectivity index (χ0n) is 18.6. The Morgan fingerprint density at radius 1 is 1.15 bits per heavy atom. The lowest BCUT2D eigenvalue weighted by molar-refractivity contribution is -0.130. The van der Waals surface area contributed by atoms with E-state index in [2.05, 4.69) is 30.6 Å². The number of anilines is 2. The van der Waals surface area contributed by atoms with Crippen LogP contribution in [-0.4, -0.2) is 66.0 Å². The van der Waals surface area contributed by atoms with E-state index in [1.807, 2.05) is 31.6 Å². The first-order valence-corrected chi connectivity index (χ1v) is 11.6. The highest BCUT2D eigenvalue weighted by Crippen LogP contribution is 2.33. The van der Waals surface area contributed by atoms with E-state index in [1.165, 1.54) is 0 Å². The molecule has 4 aromatic rings. The molecule has 1 amide bonds. The van der Waals surface area contributed by atoms with Crippen LogP contribution in [0.3, 0.4) is 0 Å². The first-order chi connectivity index (χ1) is 16.2. The smallest absolute Gasteiger partial charge is 0.226 e. The van der Waals surface area contributed by atoms with Crippen LogP contribution < -0.4 is 10.6 Å². The number of aromatic nitrogens is 6. The van der Waals surface area contributed by atoms with Crippen LogP contribution in [0.15, 0.2) is 30.7 Å². The fourth-order valence-corrected chi connectivity index (χ4v) is 5.21. The molecule has 1 aliphatic heterocycles. The molecule has 0 aromatic carbocycles. The molecule has 4 aromatic heterocycles. The summed E-state index contributed by atoms with van der Waals surface area (Å²) in [6.45, 7) is 0.921. The molecular weight excluding hydrogens is 418 g/mol. The monoisotopic (exact) mass is 445 g/mol. The number of hydrogen-bond acceptors (Lipinski definition) is 7. The van der Waals surface area contributed by atoms with Crippen LogP contribution in [0.4, 0.5) is 11.8 Å². The summed E-state index contributed by atoms with van der Waals surface area (Å²) >= 11 is 0. The van der Waals surface area contributed by atoms with Gasteiger partial charge in [0, 0.05) is 56.3 Å². The minimum Gasteiger partial charge on any atom is -0.372 e. The molecule has 10 nitrogen and oxygen atoms in total. The van der Waals surface area contributed by atoms with Gasteiger partial charge in [-0.05, 0) is 44.2 Å². The minimum atomic E-state index is 0.306. The van der Waals surface area contributed by atoms with Crippen molar-refractivity contribution in [3.63, 3.8) is 0 Å². The van der Waals surface area contributed by atoms with E-state index in [1.54, 1.807) is 10.7 Å². The van der Waals surface area contributed by atoms with Crippen LogP contribution in [0, 0.1) is 0 Å². The number of rotatable bonds is 5. The summed E-state index contributed by atoms with van der Waals surface area (Å²) in [6.07, 6.45) is 11.3. The number of amides is 1. The molecule has 170 valence electrons. The van der Waals surface area contributed by atoms with Gasteiger partial charge in [-0.25, -0.2) is 9.50 Å². The first kappa shape index (κ1) is 20.0. The average Bonchev–Trinajstić information content (AvgIpc) is 3.58. The van der Waals surface area contributed by atoms with E-state index in [0.717, 1.165) is 72.4 Å². The van der Waals surface area contributed by atoms with Gasteiger partial charge in [0.05, 0.1) is 11.1 Å². The Morgan fingerprint density at radius 2 is 2.03 bits per heavy atom. The van der Waals surface area contributed by atoms with Gasteiger partial charge >= 0.3 is 0 Å². The number of hydrogen-bond donors (Lipinski definition) is 3. The molecule has 1 aliphatic carbocycles. The SMILES string of the molecule is CNc1nc(NC2CCC(N3CCCC3=O)CC2)nc2[nH]cc(-c3ccc4nccn4n3)c12. The second kappa shape index (κ2) is 8.02. The van der Waals surface area contributed by atoms with Gasteiger partial charge in [-0.3, -0.25) is 4.79 Å². The van der Waals surface area contributed by atoms with Crippen LogP contribution in [0.5, 0.6) is 0 Å². The van der Waals surface area contributed by atoms with Crippen LogP contribution >= 0.6 is 0 Å². The highest BCUT2D eigenvalue weighted by molar-refractivity contribution is 6.00. The van der Waals surface area contributed by atoms with E-state index < -0.39 is 0 Å². The van der Waals surface area contributed by atoms with Crippen molar-refractivity contribution < 1.29 is 4.79 Å². The molecule has 1 saturated carbocycles. The molecule has 0 unspecified atom stereocenters. The second-order valence-corrected chi connectivity index (χ2v) is 8.86. The van der Waals surface area contributed by atoms with Crippen molar-refractivity contribution in [3.8, 4) is 11.3 Å². The van der Waals surface area contributed by atoms with Gasteiger partial charge in [-0.1, -0.05) is 0 Å². The third kappa shape index (κ3) is 3.55. The Balaban J connectivity index is 1.23. The number of nitrogens with one attached hydrogen (secondary N) is 3. The Bertz CT molecular complexity index is 1320. The molecule has 10 heteroatoms. The normalized spacial score (nSPS) is 21.2. The molecule has 0 bridgehead atoms. The zero-order chi connectivity index (χ0) is 22.4. The van der Waals surface area contributed by atoms with E-state index in [9.17, 15) is 4.79 Å². The first-order valence-electron chi connectivity index (χ1n) is 11.6. The summed E-state index contributed by atoms with van der Waals surface area (Å²) in [5.74, 6) is 1.68. The largest absolute Gasteiger partial charge is 0.372 e. The Labute approximate surface area is 190 Å². The molecule has 6 rings (SSSR count). The summed E-state index contributed by atoms with van der Waals surface area (Å²) in [4.78, 5) is 31.2. The third-order valence-electron chi connectivity index (χ3n) is 6.88. The lowest BCUT2D eigenvalue weighted by atomic mass is 9.90. The second-order valence-electron chi connectivity index (χ2n) is 8.86. The number of H-pyrrole nitrogens is 1. The third-order valence-corrected chi connectivity index (χ3v) is 6.88. The minimum absolute atomic E-state index is 0.306. The summed E-state index contributed by atoms with van der Waals surface area (Å²) in [5.41, 5.74) is 3.32. The molecule has 0 spiro atoms. The maximum absolute atomic E-state index is 12.1. The molecule has 0 radical (unpaired) electrons. The molecule has 2 aliphatic rings. The summed E-state index contributed by atoms with van der Waals surface area (Å²) in [6, 6.07) is 4.60. The molecular formula is C23H27N9O. The number of carbonyl (C=O) groups excluding carboxylic acids is 1. The van der Waals surface area contributed by atoms with E-state index in [0.29, 0.717) is 30.4 Å². The van der Waals surface area contributed by atoms with Crippen LogP contribution in [-0.2, 0) is 4.79 Å². The summed E-state index contributed by atoms with van der Waals surface area (Å²) in [5, 5.41) is 12.3. The van der Waals surface area contributed by atoms with Crippen molar-refractivity contribution in [1.82, 2.24) is 34.4 Å². The van der Waals surface area contributed by atoms with Crippen molar-refractivity contribution >= 4 is 34.4 Å². The molecule has 1 saturated heterocycles. The predicted molar refractivity (Wildman–Crippen MR) is 126 cm³/mol. The van der Waals surface area contributed by atoms with Crippen molar-refractivity contribution in [2.45, 2.75) is 50.6 Å². The van der Waals surface area contributed by atoms with Crippen molar-refractivity contribution in [2.75, 3.05) is 24.2 Å². The van der Waals surface area contributed by atoms with Crippen LogP contribution in [0.25, 0.3) is 27.9 Å². The van der Waals surface area contributed by atoms with Gasteiger partial charge in [0.2, 0.25) is 11.9 Å². The van der Waals surface area contributed by atoms with Crippen molar-refractivity contribution in [1.29, 1.82) is 0 Å².